The Labute approximate surface area is 124 Å². The number of nitrogens with two attached hydrogens (primary N) is 1. The number of halogens is 1. The minimum atomic E-state index is 0.284. The van der Waals surface area contributed by atoms with E-state index in [0.29, 0.717) is 12.6 Å². The lowest BCUT2D eigenvalue weighted by atomic mass is 9.99. The lowest BCUT2D eigenvalue weighted by Gasteiger charge is -2.40. The lowest BCUT2D eigenvalue weighted by molar-refractivity contribution is 0.101. The number of likely N-dealkylation sites (N-methyl/N-ethyl adjacent to an activating group) is 2. The molecule has 1 aliphatic heterocycles. The van der Waals surface area contributed by atoms with Crippen molar-refractivity contribution in [3.05, 3.63) is 34.3 Å². The molecule has 2 unspecified atom stereocenters. The number of benzene rings is 1. The van der Waals surface area contributed by atoms with E-state index in [1.165, 1.54) is 24.9 Å². The van der Waals surface area contributed by atoms with Crippen LogP contribution in [0.3, 0.4) is 0 Å². The molecule has 0 saturated carbocycles. The van der Waals surface area contributed by atoms with Gasteiger partial charge in [0.15, 0.2) is 0 Å². The summed E-state index contributed by atoms with van der Waals surface area (Å²) in [5, 5.41) is 0. The summed E-state index contributed by atoms with van der Waals surface area (Å²) in [6, 6.07) is 9.29. The molecule has 1 saturated heterocycles. The van der Waals surface area contributed by atoms with Crippen LogP contribution in [0, 0.1) is 0 Å². The average molecular weight is 326 g/mol. The minimum Gasteiger partial charge on any atom is -0.329 e. The Balaban J connectivity index is 2.15. The van der Waals surface area contributed by atoms with E-state index in [4.69, 9.17) is 5.73 Å². The van der Waals surface area contributed by atoms with Gasteiger partial charge in [0, 0.05) is 29.6 Å². The Morgan fingerprint density at radius 3 is 2.84 bits per heavy atom. The molecule has 1 aromatic rings. The third-order valence-electron chi connectivity index (χ3n) is 4.15. The standard InChI is InChI=1S/C15H24BrN3/c1-18-9-5-6-12(11-18)19(2)15(10-17)13-7-3-4-8-14(13)16/h3-4,7-8,12,15H,5-6,9-11,17H2,1-2H3. The van der Waals surface area contributed by atoms with Gasteiger partial charge in [-0.15, -0.1) is 0 Å². The van der Waals surface area contributed by atoms with E-state index >= 15 is 0 Å². The van der Waals surface area contributed by atoms with Crippen LogP contribution in [-0.4, -0.2) is 49.6 Å². The number of nitrogens with zero attached hydrogens (tertiary/aromatic N) is 2. The third-order valence-corrected chi connectivity index (χ3v) is 4.88. The van der Waals surface area contributed by atoms with E-state index in [-0.39, 0.29) is 6.04 Å². The van der Waals surface area contributed by atoms with Gasteiger partial charge in [-0.25, -0.2) is 0 Å². The van der Waals surface area contributed by atoms with Crippen LogP contribution in [0.5, 0.6) is 0 Å². The molecule has 0 aromatic heterocycles. The van der Waals surface area contributed by atoms with Crippen LogP contribution < -0.4 is 5.73 Å². The Morgan fingerprint density at radius 2 is 2.21 bits per heavy atom. The second kappa shape index (κ2) is 6.84. The molecule has 19 heavy (non-hydrogen) atoms. The maximum atomic E-state index is 6.04. The van der Waals surface area contributed by atoms with Crippen LogP contribution in [-0.2, 0) is 0 Å². The summed E-state index contributed by atoms with van der Waals surface area (Å²) in [4.78, 5) is 4.87. The summed E-state index contributed by atoms with van der Waals surface area (Å²) >= 11 is 3.65. The molecular weight excluding hydrogens is 302 g/mol. The molecule has 0 bridgehead atoms. The van der Waals surface area contributed by atoms with E-state index in [9.17, 15) is 0 Å². The summed E-state index contributed by atoms with van der Waals surface area (Å²) in [7, 11) is 4.41. The second-order valence-electron chi connectivity index (χ2n) is 5.50. The van der Waals surface area contributed by atoms with Gasteiger partial charge in [0.1, 0.15) is 0 Å². The summed E-state index contributed by atoms with van der Waals surface area (Å²) in [5.74, 6) is 0. The monoisotopic (exact) mass is 325 g/mol. The maximum Gasteiger partial charge on any atom is 0.0482 e. The molecule has 0 spiro atoms. The first kappa shape index (κ1) is 15.0. The van der Waals surface area contributed by atoms with Gasteiger partial charge in [-0.3, -0.25) is 4.90 Å². The van der Waals surface area contributed by atoms with Gasteiger partial charge in [-0.2, -0.15) is 0 Å². The molecule has 2 N–H and O–H groups in total. The van der Waals surface area contributed by atoms with E-state index in [1.54, 1.807) is 0 Å². The van der Waals surface area contributed by atoms with Crippen LogP contribution in [0.15, 0.2) is 28.7 Å². The number of rotatable bonds is 4. The maximum absolute atomic E-state index is 6.04. The van der Waals surface area contributed by atoms with E-state index in [1.807, 2.05) is 0 Å². The highest BCUT2D eigenvalue weighted by atomic mass is 79.9. The van der Waals surface area contributed by atoms with Crippen LogP contribution in [0.1, 0.15) is 24.4 Å². The molecule has 1 heterocycles. The number of piperidine rings is 1. The molecule has 0 radical (unpaired) electrons. The van der Waals surface area contributed by atoms with Crippen molar-refractivity contribution < 1.29 is 0 Å². The van der Waals surface area contributed by atoms with Crippen LogP contribution in [0.4, 0.5) is 0 Å². The van der Waals surface area contributed by atoms with Crippen molar-refractivity contribution >= 4 is 15.9 Å². The van der Waals surface area contributed by atoms with Crippen molar-refractivity contribution in [2.24, 2.45) is 5.73 Å². The van der Waals surface area contributed by atoms with E-state index < -0.39 is 0 Å². The summed E-state index contributed by atoms with van der Waals surface area (Å²) < 4.78 is 1.15. The molecule has 0 aliphatic carbocycles. The van der Waals surface area contributed by atoms with Crippen LogP contribution in [0.25, 0.3) is 0 Å². The Morgan fingerprint density at radius 1 is 1.47 bits per heavy atom. The first-order valence-corrected chi connectivity index (χ1v) is 7.77. The fourth-order valence-corrected chi connectivity index (χ4v) is 3.53. The minimum absolute atomic E-state index is 0.284. The van der Waals surface area contributed by atoms with Crippen molar-refractivity contribution in [1.82, 2.24) is 9.80 Å². The summed E-state index contributed by atoms with van der Waals surface area (Å²) in [6.45, 7) is 3.00. The summed E-state index contributed by atoms with van der Waals surface area (Å²) in [6.07, 6.45) is 2.54. The predicted molar refractivity (Wildman–Crippen MR) is 84.2 cm³/mol. The van der Waals surface area contributed by atoms with E-state index in [0.717, 1.165) is 11.0 Å². The smallest absolute Gasteiger partial charge is 0.0482 e. The van der Waals surface area contributed by atoms with Gasteiger partial charge in [0.2, 0.25) is 0 Å². The van der Waals surface area contributed by atoms with E-state index in [2.05, 4.69) is 64.1 Å². The Bertz CT molecular complexity index is 410. The first-order chi connectivity index (χ1) is 9.13. The molecule has 2 atom stereocenters. The average Bonchev–Trinajstić information content (AvgIpc) is 2.41. The Hall–Kier alpha value is -0.420. The molecule has 1 aromatic carbocycles. The van der Waals surface area contributed by atoms with Gasteiger partial charge in [0.25, 0.3) is 0 Å². The molecule has 4 heteroatoms. The lowest BCUT2D eigenvalue weighted by Crippen LogP contribution is -2.47. The fourth-order valence-electron chi connectivity index (χ4n) is 2.98. The number of hydrogen-bond donors (Lipinski definition) is 1. The summed E-state index contributed by atoms with van der Waals surface area (Å²) in [5.41, 5.74) is 7.33. The largest absolute Gasteiger partial charge is 0.329 e. The van der Waals surface area contributed by atoms with Crippen molar-refractivity contribution in [2.75, 3.05) is 33.7 Å². The molecular formula is C15H24BrN3. The van der Waals surface area contributed by atoms with Gasteiger partial charge >= 0.3 is 0 Å². The number of hydrogen-bond acceptors (Lipinski definition) is 3. The zero-order valence-electron chi connectivity index (χ0n) is 11.8. The predicted octanol–water partition coefficient (Wildman–Crippen LogP) is 2.47. The van der Waals surface area contributed by atoms with Crippen molar-refractivity contribution in [3.63, 3.8) is 0 Å². The zero-order valence-corrected chi connectivity index (χ0v) is 13.4. The van der Waals surface area contributed by atoms with Gasteiger partial charge < -0.3 is 10.6 Å². The molecule has 3 nitrogen and oxygen atoms in total. The molecule has 0 amide bonds. The molecule has 1 fully saturated rings. The van der Waals surface area contributed by atoms with Crippen molar-refractivity contribution in [3.8, 4) is 0 Å². The van der Waals surface area contributed by atoms with Crippen molar-refractivity contribution in [2.45, 2.75) is 24.9 Å². The molecule has 2 rings (SSSR count). The van der Waals surface area contributed by atoms with Gasteiger partial charge in [-0.05, 0) is 45.1 Å². The third kappa shape index (κ3) is 3.57. The first-order valence-electron chi connectivity index (χ1n) is 6.98. The molecule has 1 aliphatic rings. The van der Waals surface area contributed by atoms with Gasteiger partial charge in [0.05, 0.1) is 0 Å². The highest BCUT2D eigenvalue weighted by Gasteiger charge is 2.27. The number of likely N-dealkylation sites (tertiary alicyclic amines) is 1. The topological polar surface area (TPSA) is 32.5 Å². The Kier molecular flexibility index (Phi) is 5.39. The second-order valence-corrected chi connectivity index (χ2v) is 6.35. The fraction of sp³-hybridized carbons (Fsp3) is 0.600. The van der Waals surface area contributed by atoms with Crippen LogP contribution in [0.2, 0.25) is 0 Å². The highest BCUT2D eigenvalue weighted by molar-refractivity contribution is 9.10. The van der Waals surface area contributed by atoms with Crippen LogP contribution >= 0.6 is 15.9 Å². The normalized spacial score (nSPS) is 22.7. The van der Waals surface area contributed by atoms with Gasteiger partial charge in [-0.1, -0.05) is 34.1 Å². The molecule has 106 valence electrons. The highest BCUT2D eigenvalue weighted by Crippen LogP contribution is 2.29. The van der Waals surface area contributed by atoms with Crippen molar-refractivity contribution in [1.29, 1.82) is 0 Å². The quantitative estimate of drug-likeness (QED) is 0.923. The SMILES string of the molecule is CN1CCCC(N(C)C(CN)c2ccccc2Br)C1. The zero-order chi connectivity index (χ0) is 13.8.